The van der Waals surface area contributed by atoms with Crippen molar-refractivity contribution in [2.75, 3.05) is 39.5 Å². The van der Waals surface area contributed by atoms with Crippen LogP contribution in [0.1, 0.15) is 12.0 Å². The van der Waals surface area contributed by atoms with E-state index in [4.69, 9.17) is 9.47 Å². The number of cyclic esters (lactones) is 1. The highest BCUT2D eigenvalue weighted by atomic mass is 16.6. The monoisotopic (exact) mass is 306 g/mol. The van der Waals surface area contributed by atoms with E-state index in [0.29, 0.717) is 39.3 Å². The largest absolute Gasteiger partial charge is 0.448 e. The summed E-state index contributed by atoms with van der Waals surface area (Å²) in [5.74, 6) is -0.128. The molecule has 0 aliphatic carbocycles. The molecule has 0 spiro atoms. The summed E-state index contributed by atoms with van der Waals surface area (Å²) in [5.41, 5.74) is 1.19. The number of amides is 2. The fraction of sp³-hybridized carbons (Fsp3) is 0.500. The van der Waals surface area contributed by atoms with Gasteiger partial charge in [0, 0.05) is 13.1 Å². The summed E-state index contributed by atoms with van der Waals surface area (Å²) in [6, 6.07) is 10.0. The Bertz CT molecular complexity index is 478. The molecule has 1 aliphatic rings. The van der Waals surface area contributed by atoms with Crippen LogP contribution in [-0.4, -0.2) is 56.4 Å². The number of hydrogen-bond acceptors (Lipinski definition) is 4. The summed E-state index contributed by atoms with van der Waals surface area (Å²) in [6.07, 6.45) is 1.24. The maximum Gasteiger partial charge on any atom is 0.409 e. The Morgan fingerprint density at radius 1 is 1.32 bits per heavy atom. The fourth-order valence-electron chi connectivity index (χ4n) is 2.18. The third-order valence-electron chi connectivity index (χ3n) is 3.38. The van der Waals surface area contributed by atoms with Gasteiger partial charge in [-0.25, -0.2) is 4.79 Å². The van der Waals surface area contributed by atoms with Crippen molar-refractivity contribution in [3.8, 4) is 0 Å². The number of nitrogens with zero attached hydrogens (tertiary/aromatic N) is 1. The minimum atomic E-state index is -0.268. The van der Waals surface area contributed by atoms with Crippen molar-refractivity contribution in [2.24, 2.45) is 0 Å². The molecule has 1 aromatic carbocycles. The molecule has 1 saturated heterocycles. The molecule has 0 bridgehead atoms. The molecule has 0 radical (unpaired) electrons. The normalized spacial score (nSPS) is 14.0. The van der Waals surface area contributed by atoms with E-state index in [2.05, 4.69) is 5.32 Å². The summed E-state index contributed by atoms with van der Waals surface area (Å²) in [5, 5.41) is 2.78. The van der Waals surface area contributed by atoms with Gasteiger partial charge < -0.3 is 19.7 Å². The second kappa shape index (κ2) is 9.04. The van der Waals surface area contributed by atoms with Crippen LogP contribution in [0.5, 0.6) is 0 Å². The van der Waals surface area contributed by atoms with Crippen molar-refractivity contribution in [2.45, 2.75) is 12.8 Å². The second-order valence-electron chi connectivity index (χ2n) is 5.09. The first-order valence-electron chi connectivity index (χ1n) is 7.56. The molecule has 1 aromatic rings. The van der Waals surface area contributed by atoms with Gasteiger partial charge in [-0.15, -0.1) is 0 Å². The number of ether oxygens (including phenoxy) is 2. The molecular formula is C16H22N2O4. The van der Waals surface area contributed by atoms with Gasteiger partial charge in [-0.3, -0.25) is 4.79 Å². The van der Waals surface area contributed by atoms with Gasteiger partial charge in [-0.05, 0) is 18.4 Å². The quantitative estimate of drug-likeness (QED) is 0.696. The number of hydrogen-bond donors (Lipinski definition) is 1. The second-order valence-corrected chi connectivity index (χ2v) is 5.09. The van der Waals surface area contributed by atoms with Crippen LogP contribution in [0.15, 0.2) is 30.3 Å². The van der Waals surface area contributed by atoms with E-state index < -0.39 is 0 Å². The van der Waals surface area contributed by atoms with Gasteiger partial charge in [0.1, 0.15) is 13.2 Å². The Kier molecular flexibility index (Phi) is 6.70. The van der Waals surface area contributed by atoms with E-state index in [-0.39, 0.29) is 18.6 Å². The van der Waals surface area contributed by atoms with E-state index in [0.717, 1.165) is 6.42 Å². The Balaban J connectivity index is 1.47. The third kappa shape index (κ3) is 5.73. The van der Waals surface area contributed by atoms with Crippen LogP contribution >= 0.6 is 0 Å². The van der Waals surface area contributed by atoms with Crippen LogP contribution in [0.4, 0.5) is 4.79 Å². The molecule has 120 valence electrons. The lowest BCUT2D eigenvalue weighted by molar-refractivity contribution is -0.125. The average Bonchev–Trinajstić information content (AvgIpc) is 2.94. The Morgan fingerprint density at radius 3 is 2.86 bits per heavy atom. The van der Waals surface area contributed by atoms with Crippen LogP contribution in [-0.2, 0) is 20.7 Å². The molecular weight excluding hydrogens is 284 g/mol. The Morgan fingerprint density at radius 2 is 2.14 bits per heavy atom. The van der Waals surface area contributed by atoms with Gasteiger partial charge in [0.05, 0.1) is 13.2 Å². The van der Waals surface area contributed by atoms with Gasteiger partial charge in [0.15, 0.2) is 0 Å². The van der Waals surface area contributed by atoms with E-state index in [9.17, 15) is 9.59 Å². The molecule has 22 heavy (non-hydrogen) atoms. The number of nitrogens with one attached hydrogen (secondary N) is 1. The first kappa shape index (κ1) is 16.3. The molecule has 0 unspecified atom stereocenters. The molecule has 0 atom stereocenters. The number of benzene rings is 1. The molecule has 1 aliphatic heterocycles. The summed E-state index contributed by atoms with van der Waals surface area (Å²) < 4.78 is 10.2. The highest BCUT2D eigenvalue weighted by molar-refractivity contribution is 5.77. The van der Waals surface area contributed by atoms with Gasteiger partial charge >= 0.3 is 6.09 Å². The molecule has 0 saturated carbocycles. The first-order valence-corrected chi connectivity index (χ1v) is 7.56. The molecule has 1 fully saturated rings. The Labute approximate surface area is 130 Å². The van der Waals surface area contributed by atoms with Crippen LogP contribution in [0.25, 0.3) is 0 Å². The van der Waals surface area contributed by atoms with Crippen LogP contribution in [0.2, 0.25) is 0 Å². The zero-order valence-electron chi connectivity index (χ0n) is 12.6. The maximum atomic E-state index is 11.6. The summed E-state index contributed by atoms with van der Waals surface area (Å²) >= 11 is 0. The maximum absolute atomic E-state index is 11.6. The van der Waals surface area contributed by atoms with E-state index in [1.54, 1.807) is 4.90 Å². The lowest BCUT2D eigenvalue weighted by Gasteiger charge is -2.12. The predicted octanol–water partition coefficient (Wildman–Crippen LogP) is 1.20. The van der Waals surface area contributed by atoms with Gasteiger partial charge in [0.25, 0.3) is 0 Å². The SMILES string of the molecule is O=C(COCCc1ccccc1)NCCCN1CCOC1=O. The standard InChI is InChI=1S/C16H22N2O4/c19-15(13-21-11-7-14-5-2-1-3-6-14)17-8-4-9-18-10-12-22-16(18)20/h1-3,5-6H,4,7-13H2,(H,17,19). The smallest absolute Gasteiger partial charge is 0.409 e. The van der Waals surface area contributed by atoms with Crippen LogP contribution < -0.4 is 5.32 Å². The van der Waals surface area contributed by atoms with Crippen molar-refractivity contribution in [1.82, 2.24) is 10.2 Å². The fourth-order valence-corrected chi connectivity index (χ4v) is 2.18. The zero-order chi connectivity index (χ0) is 15.6. The van der Waals surface area contributed by atoms with Crippen molar-refractivity contribution >= 4 is 12.0 Å². The minimum absolute atomic E-state index is 0.0680. The van der Waals surface area contributed by atoms with Gasteiger partial charge in [-0.1, -0.05) is 30.3 Å². The van der Waals surface area contributed by atoms with Crippen molar-refractivity contribution in [3.05, 3.63) is 35.9 Å². The molecule has 2 rings (SSSR count). The predicted molar refractivity (Wildman–Crippen MR) is 81.5 cm³/mol. The Hall–Kier alpha value is -2.08. The van der Waals surface area contributed by atoms with E-state index >= 15 is 0 Å². The lowest BCUT2D eigenvalue weighted by Crippen LogP contribution is -2.32. The molecule has 0 aromatic heterocycles. The van der Waals surface area contributed by atoms with Gasteiger partial charge in [0.2, 0.25) is 5.91 Å². The lowest BCUT2D eigenvalue weighted by atomic mass is 10.2. The number of rotatable bonds is 9. The zero-order valence-corrected chi connectivity index (χ0v) is 12.6. The first-order chi connectivity index (χ1) is 10.8. The van der Waals surface area contributed by atoms with Crippen molar-refractivity contribution in [3.63, 3.8) is 0 Å². The summed E-state index contributed by atoms with van der Waals surface area (Å²) in [6.45, 7) is 2.82. The topological polar surface area (TPSA) is 67.9 Å². The van der Waals surface area contributed by atoms with Crippen LogP contribution in [0, 0.1) is 0 Å². The van der Waals surface area contributed by atoms with Crippen molar-refractivity contribution < 1.29 is 19.1 Å². The van der Waals surface area contributed by atoms with Crippen molar-refractivity contribution in [1.29, 1.82) is 0 Å². The molecule has 1 N–H and O–H groups in total. The average molecular weight is 306 g/mol. The van der Waals surface area contributed by atoms with E-state index in [1.165, 1.54) is 5.56 Å². The summed E-state index contributed by atoms with van der Waals surface area (Å²) in [4.78, 5) is 24.4. The van der Waals surface area contributed by atoms with Gasteiger partial charge in [-0.2, -0.15) is 0 Å². The van der Waals surface area contributed by atoms with E-state index in [1.807, 2.05) is 30.3 Å². The third-order valence-corrected chi connectivity index (χ3v) is 3.38. The molecule has 6 nitrogen and oxygen atoms in total. The number of carbonyl (C=O) groups is 2. The number of carbonyl (C=O) groups excluding carboxylic acids is 2. The molecule has 2 amide bonds. The highest BCUT2D eigenvalue weighted by Gasteiger charge is 2.20. The summed E-state index contributed by atoms with van der Waals surface area (Å²) in [7, 11) is 0. The minimum Gasteiger partial charge on any atom is -0.448 e. The molecule has 1 heterocycles. The van der Waals surface area contributed by atoms with Crippen LogP contribution in [0.3, 0.4) is 0 Å². The highest BCUT2D eigenvalue weighted by Crippen LogP contribution is 2.03. The molecule has 6 heteroatoms.